The molecule has 0 saturated heterocycles. The van der Waals surface area contributed by atoms with Gasteiger partial charge < -0.3 is 9.88 Å². The summed E-state index contributed by atoms with van der Waals surface area (Å²) in [6, 6.07) is 2.08. The Bertz CT molecular complexity index is 765. The molecule has 2 aromatic rings. The Balaban J connectivity index is 2.81. The molecule has 0 saturated carbocycles. The second kappa shape index (κ2) is 5.62. The van der Waals surface area contributed by atoms with Crippen LogP contribution < -0.4 is 10.5 Å². The molecule has 120 valence electrons. The fourth-order valence-electron chi connectivity index (χ4n) is 2.52. The Hall–Kier alpha value is -2.05. The smallest absolute Gasteiger partial charge is 0.372 e. The highest BCUT2D eigenvalue weighted by molar-refractivity contribution is 5.87. The van der Waals surface area contributed by atoms with E-state index in [1.54, 1.807) is 11.9 Å². The number of fused-ring (bicyclic) bond motifs is 1. The number of anilines is 1. The standard InChI is InChI=1S/C15H16F4N2O/c1-4-5-21(3)12-7-11-9(6-10(12)16)13(15(17,18)19)8(2)14(22)20-11/h6-7H,4-5H2,1-3H3,(H,20,22). The summed E-state index contributed by atoms with van der Waals surface area (Å²) in [5.41, 5.74) is -2.25. The summed E-state index contributed by atoms with van der Waals surface area (Å²) in [4.78, 5) is 15.7. The van der Waals surface area contributed by atoms with E-state index >= 15 is 0 Å². The monoisotopic (exact) mass is 316 g/mol. The minimum atomic E-state index is -4.72. The largest absolute Gasteiger partial charge is 0.417 e. The van der Waals surface area contributed by atoms with Gasteiger partial charge in [-0.1, -0.05) is 6.92 Å². The molecule has 0 unspecified atom stereocenters. The quantitative estimate of drug-likeness (QED) is 0.873. The van der Waals surface area contributed by atoms with Crippen molar-refractivity contribution >= 4 is 16.6 Å². The van der Waals surface area contributed by atoms with E-state index in [9.17, 15) is 22.4 Å². The summed E-state index contributed by atoms with van der Waals surface area (Å²) in [7, 11) is 1.64. The van der Waals surface area contributed by atoms with Crippen molar-refractivity contribution in [2.45, 2.75) is 26.4 Å². The number of hydrogen-bond donors (Lipinski definition) is 1. The topological polar surface area (TPSA) is 36.1 Å². The molecule has 0 fully saturated rings. The van der Waals surface area contributed by atoms with Crippen LogP contribution in [0.1, 0.15) is 24.5 Å². The molecular weight excluding hydrogens is 300 g/mol. The Morgan fingerprint density at radius 2 is 1.91 bits per heavy atom. The van der Waals surface area contributed by atoms with Crippen molar-refractivity contribution < 1.29 is 17.6 Å². The molecule has 3 nitrogen and oxygen atoms in total. The summed E-state index contributed by atoms with van der Waals surface area (Å²) < 4.78 is 53.7. The second-order valence-corrected chi connectivity index (χ2v) is 5.22. The second-order valence-electron chi connectivity index (χ2n) is 5.22. The van der Waals surface area contributed by atoms with E-state index in [0.29, 0.717) is 6.54 Å². The van der Waals surface area contributed by atoms with Crippen molar-refractivity contribution in [1.82, 2.24) is 4.98 Å². The van der Waals surface area contributed by atoms with Crippen LogP contribution in [0.4, 0.5) is 23.2 Å². The van der Waals surface area contributed by atoms with Gasteiger partial charge in [-0.3, -0.25) is 4.79 Å². The number of pyridine rings is 1. The molecule has 0 spiro atoms. The van der Waals surface area contributed by atoms with Gasteiger partial charge in [0.15, 0.2) is 0 Å². The van der Waals surface area contributed by atoms with Gasteiger partial charge in [-0.2, -0.15) is 13.2 Å². The molecule has 0 aliphatic carbocycles. The van der Waals surface area contributed by atoms with Gasteiger partial charge in [-0.25, -0.2) is 4.39 Å². The predicted molar refractivity (Wildman–Crippen MR) is 77.8 cm³/mol. The van der Waals surface area contributed by atoms with Crippen LogP contribution in [0, 0.1) is 12.7 Å². The van der Waals surface area contributed by atoms with Gasteiger partial charge in [-0.15, -0.1) is 0 Å². The van der Waals surface area contributed by atoms with Gasteiger partial charge in [0, 0.05) is 24.5 Å². The summed E-state index contributed by atoms with van der Waals surface area (Å²) >= 11 is 0. The highest BCUT2D eigenvalue weighted by Crippen LogP contribution is 2.37. The highest BCUT2D eigenvalue weighted by atomic mass is 19.4. The molecule has 1 aromatic carbocycles. The van der Waals surface area contributed by atoms with Crippen molar-refractivity contribution in [2.75, 3.05) is 18.5 Å². The third-order valence-corrected chi connectivity index (χ3v) is 3.57. The Morgan fingerprint density at radius 1 is 1.27 bits per heavy atom. The van der Waals surface area contributed by atoms with Crippen LogP contribution in [0.25, 0.3) is 10.9 Å². The number of H-pyrrole nitrogens is 1. The molecule has 0 bridgehead atoms. The minimum Gasteiger partial charge on any atom is -0.372 e. The lowest BCUT2D eigenvalue weighted by Gasteiger charge is -2.20. The minimum absolute atomic E-state index is 0.0257. The number of alkyl halides is 3. The molecule has 22 heavy (non-hydrogen) atoms. The number of halogens is 4. The Labute approximate surface area is 124 Å². The molecule has 0 aliphatic heterocycles. The lowest BCUT2D eigenvalue weighted by molar-refractivity contribution is -0.136. The first-order valence-electron chi connectivity index (χ1n) is 6.81. The fraction of sp³-hybridized carbons (Fsp3) is 0.400. The van der Waals surface area contributed by atoms with E-state index < -0.39 is 28.7 Å². The third kappa shape index (κ3) is 2.80. The molecular formula is C15H16F4N2O. The zero-order valence-electron chi connectivity index (χ0n) is 12.4. The maximum absolute atomic E-state index is 14.2. The van der Waals surface area contributed by atoms with E-state index in [-0.39, 0.29) is 16.6 Å². The summed E-state index contributed by atoms with van der Waals surface area (Å²) in [5, 5.41) is -0.337. The number of nitrogens with one attached hydrogen (secondary N) is 1. The summed E-state index contributed by atoms with van der Waals surface area (Å²) in [5.74, 6) is -0.750. The zero-order chi connectivity index (χ0) is 16.7. The maximum Gasteiger partial charge on any atom is 0.417 e. The van der Waals surface area contributed by atoms with E-state index in [4.69, 9.17) is 0 Å². The van der Waals surface area contributed by atoms with Crippen LogP contribution in [0.5, 0.6) is 0 Å². The van der Waals surface area contributed by atoms with Crippen molar-refractivity contribution in [3.63, 3.8) is 0 Å². The molecule has 1 aromatic heterocycles. The van der Waals surface area contributed by atoms with Crippen LogP contribution in [-0.2, 0) is 6.18 Å². The number of benzene rings is 1. The van der Waals surface area contributed by atoms with Gasteiger partial charge >= 0.3 is 6.18 Å². The van der Waals surface area contributed by atoms with E-state index in [2.05, 4.69) is 4.98 Å². The van der Waals surface area contributed by atoms with Gasteiger partial charge in [0.1, 0.15) is 5.82 Å². The van der Waals surface area contributed by atoms with E-state index in [1.807, 2.05) is 6.92 Å². The molecule has 7 heteroatoms. The van der Waals surface area contributed by atoms with Crippen molar-refractivity contribution in [3.05, 3.63) is 39.4 Å². The molecule has 0 aliphatic rings. The summed E-state index contributed by atoms with van der Waals surface area (Å²) in [6.07, 6.45) is -3.97. The average Bonchev–Trinajstić information content (AvgIpc) is 2.39. The molecule has 0 radical (unpaired) electrons. The molecule has 0 amide bonds. The zero-order valence-corrected chi connectivity index (χ0v) is 12.4. The normalized spacial score (nSPS) is 12.0. The fourth-order valence-corrected chi connectivity index (χ4v) is 2.52. The van der Waals surface area contributed by atoms with Crippen LogP contribution in [-0.4, -0.2) is 18.6 Å². The van der Waals surface area contributed by atoms with Gasteiger partial charge in [0.05, 0.1) is 16.8 Å². The summed E-state index contributed by atoms with van der Waals surface area (Å²) in [6.45, 7) is 3.53. The number of aromatic amines is 1. The molecule has 0 atom stereocenters. The SMILES string of the molecule is CCCN(C)c1cc2[nH]c(=O)c(C)c(C(F)(F)F)c2cc1F. The van der Waals surface area contributed by atoms with E-state index in [0.717, 1.165) is 19.4 Å². The van der Waals surface area contributed by atoms with Gasteiger partial charge in [0.25, 0.3) is 5.56 Å². The van der Waals surface area contributed by atoms with Crippen molar-refractivity contribution in [1.29, 1.82) is 0 Å². The highest BCUT2D eigenvalue weighted by Gasteiger charge is 2.36. The average molecular weight is 316 g/mol. The van der Waals surface area contributed by atoms with Crippen LogP contribution >= 0.6 is 0 Å². The van der Waals surface area contributed by atoms with E-state index in [1.165, 1.54) is 6.07 Å². The molecule has 1 N–H and O–H groups in total. The maximum atomic E-state index is 14.2. The Morgan fingerprint density at radius 3 is 2.45 bits per heavy atom. The number of nitrogens with zero attached hydrogens (tertiary/aromatic N) is 1. The lowest BCUT2D eigenvalue weighted by atomic mass is 10.0. The van der Waals surface area contributed by atoms with Gasteiger partial charge in [0.2, 0.25) is 0 Å². The van der Waals surface area contributed by atoms with Crippen LogP contribution in [0.15, 0.2) is 16.9 Å². The van der Waals surface area contributed by atoms with Gasteiger partial charge in [-0.05, 0) is 25.5 Å². The van der Waals surface area contributed by atoms with Crippen molar-refractivity contribution in [3.8, 4) is 0 Å². The van der Waals surface area contributed by atoms with Crippen LogP contribution in [0.2, 0.25) is 0 Å². The Kier molecular flexibility index (Phi) is 4.17. The predicted octanol–water partition coefficient (Wildman–Crippen LogP) is 3.84. The molecule has 2 rings (SSSR count). The third-order valence-electron chi connectivity index (χ3n) is 3.57. The van der Waals surface area contributed by atoms with Crippen LogP contribution in [0.3, 0.4) is 0 Å². The number of rotatable bonds is 3. The number of aromatic nitrogens is 1. The molecule has 1 heterocycles. The number of hydrogen-bond acceptors (Lipinski definition) is 2. The first-order valence-corrected chi connectivity index (χ1v) is 6.81. The first-order chi connectivity index (χ1) is 10.2. The lowest BCUT2D eigenvalue weighted by Crippen LogP contribution is -2.21. The first kappa shape index (κ1) is 16.3. The van der Waals surface area contributed by atoms with Crippen molar-refractivity contribution in [2.24, 2.45) is 0 Å².